The van der Waals surface area contributed by atoms with E-state index in [0.717, 1.165) is 12.8 Å². The zero-order valence-electron chi connectivity index (χ0n) is 13.2. The topological polar surface area (TPSA) is 9.23 Å². The lowest BCUT2D eigenvalue weighted by Crippen LogP contribution is -2.50. The first-order valence-electron chi connectivity index (χ1n) is 7.74. The van der Waals surface area contributed by atoms with Crippen LogP contribution in [0, 0.1) is 0 Å². The number of hydrogen-bond acceptors (Lipinski definition) is 1. The Morgan fingerprint density at radius 3 is 1.56 bits per heavy atom. The Labute approximate surface area is 117 Å². The van der Waals surface area contributed by atoms with Crippen LogP contribution in [0.4, 0.5) is 0 Å². The van der Waals surface area contributed by atoms with E-state index < -0.39 is 8.32 Å². The predicted octanol–water partition coefficient (Wildman–Crippen LogP) is 5.08. The van der Waals surface area contributed by atoms with Gasteiger partial charge in [0.15, 0.2) is 0 Å². The van der Waals surface area contributed by atoms with Crippen molar-refractivity contribution in [1.82, 2.24) is 0 Å². The quantitative estimate of drug-likeness (QED) is 0.631. The molecule has 1 fully saturated rings. The molecule has 0 unspecified atom stereocenters. The Morgan fingerprint density at radius 2 is 1.22 bits per heavy atom. The molecule has 3 radical (unpaired) electrons. The van der Waals surface area contributed by atoms with Crippen molar-refractivity contribution in [2.75, 3.05) is 0 Å². The fraction of sp³-hybridized carbons (Fsp3) is 1.00. The molecule has 0 N–H and O–H groups in total. The minimum Gasteiger partial charge on any atom is -0.622 e. The molecule has 105 valence electrons. The van der Waals surface area contributed by atoms with Crippen LogP contribution in [0.1, 0.15) is 67.2 Å². The van der Waals surface area contributed by atoms with E-state index in [1.807, 2.05) is 0 Å². The van der Waals surface area contributed by atoms with Gasteiger partial charge in [0.2, 0.25) is 8.32 Å². The molecule has 18 heavy (non-hydrogen) atoms. The van der Waals surface area contributed by atoms with Crippen molar-refractivity contribution >= 4 is 16.2 Å². The van der Waals surface area contributed by atoms with E-state index in [1.54, 1.807) is 0 Å². The van der Waals surface area contributed by atoms with Gasteiger partial charge in [-0.15, -0.1) is 0 Å². The van der Waals surface area contributed by atoms with Crippen LogP contribution in [0.2, 0.25) is 22.4 Å². The fourth-order valence-corrected chi connectivity index (χ4v) is 9.53. The van der Waals surface area contributed by atoms with Crippen LogP contribution in [0.15, 0.2) is 0 Å². The minimum atomic E-state index is -1.68. The molecule has 0 bridgehead atoms. The third-order valence-corrected chi connectivity index (χ3v) is 11.0. The van der Waals surface area contributed by atoms with E-state index in [1.165, 1.54) is 12.8 Å². The van der Waals surface area contributed by atoms with Gasteiger partial charge in [-0.1, -0.05) is 54.4 Å². The van der Waals surface area contributed by atoms with Crippen molar-refractivity contribution in [3.05, 3.63) is 0 Å². The molecule has 0 aromatic carbocycles. The van der Waals surface area contributed by atoms with Gasteiger partial charge >= 0.3 is 0 Å². The smallest absolute Gasteiger partial charge is 0.200 e. The highest BCUT2D eigenvalue weighted by Crippen LogP contribution is 2.44. The Morgan fingerprint density at radius 1 is 0.833 bits per heavy atom. The van der Waals surface area contributed by atoms with Gasteiger partial charge in [-0.3, -0.25) is 5.82 Å². The lowest BCUT2D eigenvalue weighted by Gasteiger charge is -2.46. The Bertz CT molecular complexity index is 223. The SMILES string of the molecule is [B-]C1CCC(O[Si](C(C)C)(C(C)C)C(C)C)CC1. The summed E-state index contributed by atoms with van der Waals surface area (Å²) in [6.45, 7) is 14.2. The molecule has 1 aliphatic rings. The second kappa shape index (κ2) is 6.60. The molecule has 1 saturated carbocycles. The van der Waals surface area contributed by atoms with E-state index in [-0.39, 0.29) is 0 Å². The summed E-state index contributed by atoms with van der Waals surface area (Å²) in [5.41, 5.74) is 2.06. The zero-order valence-corrected chi connectivity index (χ0v) is 14.2. The molecule has 0 heterocycles. The van der Waals surface area contributed by atoms with Crippen molar-refractivity contribution in [1.29, 1.82) is 0 Å². The van der Waals surface area contributed by atoms with Gasteiger partial charge in [0.25, 0.3) is 0 Å². The van der Waals surface area contributed by atoms with Crippen LogP contribution in [0.5, 0.6) is 0 Å². The fourth-order valence-electron chi connectivity index (χ4n) is 3.90. The predicted molar refractivity (Wildman–Crippen MR) is 83.9 cm³/mol. The largest absolute Gasteiger partial charge is 0.622 e. The molecule has 3 heteroatoms. The summed E-state index contributed by atoms with van der Waals surface area (Å²) in [5, 5.41) is 0. The molecular weight excluding hydrogens is 235 g/mol. The first kappa shape index (κ1) is 16.3. The molecule has 0 aliphatic heterocycles. The van der Waals surface area contributed by atoms with Crippen molar-refractivity contribution in [3.63, 3.8) is 0 Å². The highest BCUT2D eigenvalue weighted by molar-refractivity contribution is 6.77. The van der Waals surface area contributed by atoms with E-state index in [4.69, 9.17) is 12.3 Å². The Balaban J connectivity index is 2.78. The maximum Gasteiger partial charge on any atom is 0.200 e. The van der Waals surface area contributed by atoms with Crippen LogP contribution >= 0.6 is 0 Å². The Hall–Kier alpha value is 0.242. The summed E-state index contributed by atoms with van der Waals surface area (Å²) >= 11 is 0. The molecule has 0 atom stereocenters. The summed E-state index contributed by atoms with van der Waals surface area (Å²) in [6.07, 6.45) is 5.10. The van der Waals surface area contributed by atoms with Gasteiger partial charge in [0.05, 0.1) is 0 Å². The molecule has 1 aliphatic carbocycles. The average molecular weight is 266 g/mol. The van der Waals surface area contributed by atoms with E-state index in [2.05, 4.69) is 41.5 Å². The second-order valence-corrected chi connectivity index (χ2v) is 12.4. The molecule has 0 aromatic heterocycles. The van der Waals surface area contributed by atoms with Gasteiger partial charge in [-0.2, -0.15) is 0 Å². The summed E-state index contributed by atoms with van der Waals surface area (Å²) in [6, 6.07) is 0. The van der Waals surface area contributed by atoms with E-state index in [0.29, 0.717) is 28.5 Å². The summed E-state index contributed by atoms with van der Waals surface area (Å²) in [4.78, 5) is 0. The minimum absolute atomic E-state index is 0.415. The van der Waals surface area contributed by atoms with E-state index in [9.17, 15) is 0 Å². The van der Waals surface area contributed by atoms with Crippen LogP contribution in [-0.4, -0.2) is 22.3 Å². The van der Waals surface area contributed by atoms with Gasteiger partial charge in [-0.05, 0) is 29.5 Å². The van der Waals surface area contributed by atoms with Crippen LogP contribution in [0.25, 0.3) is 0 Å². The maximum absolute atomic E-state index is 6.80. The van der Waals surface area contributed by atoms with Crippen LogP contribution in [0.3, 0.4) is 0 Å². The molecule has 0 saturated heterocycles. The molecular formula is C15H31BOSi-. The first-order chi connectivity index (χ1) is 8.30. The summed E-state index contributed by atoms with van der Waals surface area (Å²) < 4.78 is 6.80. The van der Waals surface area contributed by atoms with E-state index >= 15 is 0 Å². The average Bonchev–Trinajstić information content (AvgIpc) is 2.26. The lowest BCUT2D eigenvalue weighted by atomic mass is 9.75. The number of hydrogen-bond donors (Lipinski definition) is 0. The standard InChI is InChI=1S/C15H31BOSi/c1-11(2)18(12(3)4,13(5)6)17-15-9-7-14(16)8-10-15/h11-15H,7-10H2,1-6H3/q-1. The normalized spacial score (nSPS) is 26.3. The monoisotopic (exact) mass is 266 g/mol. The molecule has 0 spiro atoms. The van der Waals surface area contributed by atoms with Crippen molar-refractivity contribution < 1.29 is 4.43 Å². The first-order valence-corrected chi connectivity index (χ1v) is 9.88. The summed E-state index contributed by atoms with van der Waals surface area (Å²) in [7, 11) is 4.32. The lowest BCUT2D eigenvalue weighted by molar-refractivity contribution is 0.132. The van der Waals surface area contributed by atoms with Crippen molar-refractivity contribution in [2.45, 2.75) is 95.8 Å². The third kappa shape index (κ3) is 3.41. The van der Waals surface area contributed by atoms with Crippen LogP contribution in [-0.2, 0) is 4.43 Å². The second-order valence-electron chi connectivity index (χ2n) is 6.97. The maximum atomic E-state index is 6.80. The molecule has 1 nitrogen and oxygen atoms in total. The third-order valence-electron chi connectivity index (χ3n) is 4.80. The van der Waals surface area contributed by atoms with Gasteiger partial charge in [0.1, 0.15) is 0 Å². The van der Waals surface area contributed by atoms with Crippen molar-refractivity contribution in [2.24, 2.45) is 0 Å². The van der Waals surface area contributed by atoms with Gasteiger partial charge < -0.3 is 12.3 Å². The molecule has 0 amide bonds. The highest BCUT2D eigenvalue weighted by atomic mass is 28.4. The zero-order chi connectivity index (χ0) is 13.9. The molecule has 1 rings (SSSR count). The van der Waals surface area contributed by atoms with Gasteiger partial charge in [-0.25, -0.2) is 0 Å². The van der Waals surface area contributed by atoms with Crippen molar-refractivity contribution in [3.8, 4) is 0 Å². The van der Waals surface area contributed by atoms with Gasteiger partial charge in [0, 0.05) is 6.10 Å². The molecule has 0 aromatic rings. The highest BCUT2D eigenvalue weighted by Gasteiger charge is 2.46. The van der Waals surface area contributed by atoms with Crippen LogP contribution < -0.4 is 0 Å². The summed E-state index contributed by atoms with van der Waals surface area (Å²) in [5.74, 6) is 0.415. The Kier molecular flexibility index (Phi) is 5.98. The number of rotatable bonds is 5.